The van der Waals surface area contributed by atoms with Crippen LogP contribution in [0.15, 0.2) is 42.7 Å². The van der Waals surface area contributed by atoms with Gasteiger partial charge in [0.15, 0.2) is 0 Å². The molecule has 0 spiro atoms. The monoisotopic (exact) mass is 447 g/mol. The van der Waals surface area contributed by atoms with E-state index >= 15 is 0 Å². The molecule has 172 valence electrons. The van der Waals surface area contributed by atoms with Crippen molar-refractivity contribution in [1.82, 2.24) is 15.6 Å². The zero-order valence-corrected chi connectivity index (χ0v) is 18.8. The van der Waals surface area contributed by atoms with E-state index in [1.165, 1.54) is 11.3 Å². The van der Waals surface area contributed by atoms with Gasteiger partial charge in [0, 0.05) is 30.0 Å². The minimum Gasteiger partial charge on any atom is -0.345 e. The van der Waals surface area contributed by atoms with Crippen LogP contribution in [0.3, 0.4) is 0 Å². The van der Waals surface area contributed by atoms with Crippen LogP contribution in [0.5, 0.6) is 0 Å². The van der Waals surface area contributed by atoms with E-state index in [0.717, 1.165) is 31.2 Å². The minimum absolute atomic E-state index is 0.00579. The first-order valence-electron chi connectivity index (χ1n) is 11.7. The van der Waals surface area contributed by atoms with E-state index in [9.17, 15) is 14.4 Å². The van der Waals surface area contributed by atoms with Gasteiger partial charge in [0.25, 0.3) is 5.91 Å². The molecule has 1 aliphatic heterocycles. The molecule has 2 fully saturated rings. The molecule has 8 heteroatoms. The second-order valence-electron chi connectivity index (χ2n) is 9.17. The van der Waals surface area contributed by atoms with Crippen LogP contribution in [0.25, 0.3) is 0 Å². The average Bonchev–Trinajstić information content (AvgIpc) is 3.62. The summed E-state index contributed by atoms with van der Waals surface area (Å²) in [6.07, 6.45) is 8.70. The highest BCUT2D eigenvalue weighted by atomic mass is 16.2. The van der Waals surface area contributed by atoms with Crippen molar-refractivity contribution in [1.29, 1.82) is 0 Å². The number of nitrogens with zero attached hydrogens (tertiary/aromatic N) is 3. The Hall–Kier alpha value is -3.26. The fraction of sp³-hybridized carbons (Fsp3) is 0.440. The first-order valence-corrected chi connectivity index (χ1v) is 11.7. The Balaban J connectivity index is 1.39. The largest absolute Gasteiger partial charge is 0.345 e. The lowest BCUT2D eigenvalue weighted by Gasteiger charge is -2.37. The number of pyridine rings is 1. The molecule has 1 atom stereocenters. The highest BCUT2D eigenvalue weighted by Crippen LogP contribution is 2.41. The van der Waals surface area contributed by atoms with Crippen molar-refractivity contribution in [2.45, 2.75) is 57.2 Å². The highest BCUT2D eigenvalue weighted by molar-refractivity contribution is 6.13. The maximum absolute atomic E-state index is 13.1. The molecule has 2 saturated carbocycles. The van der Waals surface area contributed by atoms with Crippen LogP contribution in [0.4, 0.5) is 11.4 Å². The summed E-state index contributed by atoms with van der Waals surface area (Å²) < 4.78 is 0. The molecule has 0 bridgehead atoms. The average molecular weight is 448 g/mol. The smallest absolute Gasteiger partial charge is 0.251 e. The van der Waals surface area contributed by atoms with E-state index in [4.69, 9.17) is 0 Å². The van der Waals surface area contributed by atoms with Crippen LogP contribution in [-0.2, 0) is 9.59 Å². The van der Waals surface area contributed by atoms with Gasteiger partial charge in [-0.3, -0.25) is 24.3 Å². The van der Waals surface area contributed by atoms with Crippen molar-refractivity contribution in [2.24, 2.45) is 0 Å². The second kappa shape index (κ2) is 8.94. The third kappa shape index (κ3) is 4.48. The summed E-state index contributed by atoms with van der Waals surface area (Å²) in [7, 11) is 0. The summed E-state index contributed by atoms with van der Waals surface area (Å²) in [6.45, 7) is 2.10. The van der Waals surface area contributed by atoms with Gasteiger partial charge in [-0.05, 0) is 62.4 Å². The first kappa shape index (κ1) is 21.6. The Bertz CT molecular complexity index is 1060. The lowest BCUT2D eigenvalue weighted by atomic mass is 9.93. The fourth-order valence-corrected chi connectivity index (χ4v) is 4.41. The Kier molecular flexibility index (Phi) is 5.85. The topological polar surface area (TPSA) is 94.6 Å². The fourth-order valence-electron chi connectivity index (χ4n) is 4.41. The van der Waals surface area contributed by atoms with Crippen LogP contribution >= 0.6 is 0 Å². The van der Waals surface area contributed by atoms with Gasteiger partial charge in [0.05, 0.1) is 24.0 Å². The number of hydrogen-bond acceptors (Lipinski definition) is 5. The standard InChI is InChI=1S/C25H29N5O3/c1-16(18-4-3-11-26-13-18)28-25(33)17-7-10-21-22(12-17)29(15-24(32)30(21)20-8-9-20)23(31)14-27-19-5-2-6-19/h3-4,7,10-13,16,19-20,27H,2,5-6,8-9,14-15H2,1H3,(H,28,33). The lowest BCUT2D eigenvalue weighted by molar-refractivity contribution is -0.122. The van der Waals surface area contributed by atoms with Crippen LogP contribution < -0.4 is 20.4 Å². The molecule has 3 amide bonds. The molecule has 1 aromatic carbocycles. The third-order valence-corrected chi connectivity index (χ3v) is 6.74. The number of aromatic nitrogens is 1. The zero-order valence-electron chi connectivity index (χ0n) is 18.8. The van der Waals surface area contributed by atoms with Gasteiger partial charge in [0.2, 0.25) is 11.8 Å². The molecule has 2 aliphatic carbocycles. The maximum atomic E-state index is 13.1. The van der Waals surface area contributed by atoms with E-state index in [0.29, 0.717) is 23.0 Å². The summed E-state index contributed by atoms with van der Waals surface area (Å²) in [5.41, 5.74) is 2.71. The number of carbonyl (C=O) groups is 3. The number of hydrogen-bond donors (Lipinski definition) is 2. The Morgan fingerprint density at radius 3 is 2.64 bits per heavy atom. The van der Waals surface area contributed by atoms with Gasteiger partial charge in [-0.15, -0.1) is 0 Å². The second-order valence-corrected chi connectivity index (χ2v) is 9.17. The third-order valence-electron chi connectivity index (χ3n) is 6.74. The summed E-state index contributed by atoms with van der Waals surface area (Å²) in [6, 6.07) is 9.37. The van der Waals surface area contributed by atoms with E-state index in [1.54, 1.807) is 35.5 Å². The van der Waals surface area contributed by atoms with Crippen LogP contribution in [0.1, 0.15) is 61.0 Å². The Morgan fingerprint density at radius 2 is 1.97 bits per heavy atom. The molecular formula is C25H29N5O3. The number of benzene rings is 1. The molecule has 1 aromatic heterocycles. The van der Waals surface area contributed by atoms with Crippen molar-refractivity contribution in [3.05, 3.63) is 53.9 Å². The summed E-state index contributed by atoms with van der Waals surface area (Å²) >= 11 is 0. The maximum Gasteiger partial charge on any atom is 0.251 e. The molecule has 33 heavy (non-hydrogen) atoms. The van der Waals surface area contributed by atoms with Gasteiger partial charge in [-0.2, -0.15) is 0 Å². The van der Waals surface area contributed by atoms with E-state index in [2.05, 4.69) is 15.6 Å². The van der Waals surface area contributed by atoms with Gasteiger partial charge in [-0.25, -0.2) is 0 Å². The highest BCUT2D eigenvalue weighted by Gasteiger charge is 2.41. The molecule has 1 unspecified atom stereocenters. The van der Waals surface area contributed by atoms with Crippen molar-refractivity contribution < 1.29 is 14.4 Å². The van der Waals surface area contributed by atoms with Crippen molar-refractivity contribution in [3.8, 4) is 0 Å². The molecule has 8 nitrogen and oxygen atoms in total. The minimum atomic E-state index is -0.232. The summed E-state index contributed by atoms with van der Waals surface area (Å²) in [5.74, 6) is -0.443. The van der Waals surface area contributed by atoms with Gasteiger partial charge < -0.3 is 15.5 Å². The van der Waals surface area contributed by atoms with Crippen LogP contribution in [0.2, 0.25) is 0 Å². The lowest BCUT2D eigenvalue weighted by Crippen LogP contribution is -2.52. The number of carbonyl (C=O) groups excluding carboxylic acids is 3. The van der Waals surface area contributed by atoms with E-state index in [1.807, 2.05) is 19.1 Å². The van der Waals surface area contributed by atoms with Crippen molar-refractivity contribution >= 4 is 29.1 Å². The molecule has 2 heterocycles. The first-order chi connectivity index (χ1) is 16.0. The predicted molar refractivity (Wildman–Crippen MR) is 125 cm³/mol. The Morgan fingerprint density at radius 1 is 1.15 bits per heavy atom. The predicted octanol–water partition coefficient (Wildman–Crippen LogP) is 2.56. The number of amides is 3. The number of nitrogens with one attached hydrogen (secondary N) is 2. The van der Waals surface area contributed by atoms with Gasteiger partial charge in [-0.1, -0.05) is 12.5 Å². The van der Waals surface area contributed by atoms with E-state index in [-0.39, 0.29) is 42.9 Å². The van der Waals surface area contributed by atoms with Crippen LogP contribution in [-0.4, -0.2) is 47.9 Å². The quantitative estimate of drug-likeness (QED) is 0.680. The zero-order chi connectivity index (χ0) is 22.9. The normalized spacial score (nSPS) is 19.0. The van der Waals surface area contributed by atoms with E-state index < -0.39 is 0 Å². The Labute approximate surface area is 193 Å². The van der Waals surface area contributed by atoms with Gasteiger partial charge in [0.1, 0.15) is 6.54 Å². The molecule has 5 rings (SSSR count). The molecular weight excluding hydrogens is 418 g/mol. The number of anilines is 2. The number of fused-ring (bicyclic) bond motifs is 1. The summed E-state index contributed by atoms with van der Waals surface area (Å²) in [4.78, 5) is 46.4. The molecule has 0 saturated heterocycles. The SMILES string of the molecule is CC(NC(=O)c1ccc2c(c1)N(C(=O)CNC1CCC1)CC(=O)N2C1CC1)c1cccnc1. The number of rotatable bonds is 7. The summed E-state index contributed by atoms with van der Waals surface area (Å²) in [5, 5.41) is 6.29. The van der Waals surface area contributed by atoms with Crippen LogP contribution in [0, 0.1) is 0 Å². The molecule has 2 aromatic rings. The van der Waals surface area contributed by atoms with Crippen molar-refractivity contribution in [3.63, 3.8) is 0 Å². The molecule has 2 N–H and O–H groups in total. The van der Waals surface area contributed by atoms with Crippen molar-refractivity contribution in [2.75, 3.05) is 22.9 Å². The molecule has 0 radical (unpaired) electrons. The molecule has 3 aliphatic rings. The van der Waals surface area contributed by atoms with Gasteiger partial charge >= 0.3 is 0 Å².